The molecule has 2 aliphatic rings. The van der Waals surface area contributed by atoms with Gasteiger partial charge in [0.15, 0.2) is 5.17 Å². The van der Waals surface area contributed by atoms with Crippen molar-refractivity contribution in [3.8, 4) is 0 Å². The van der Waals surface area contributed by atoms with Gasteiger partial charge in [-0.05, 0) is 68.8 Å². The molecule has 0 aliphatic carbocycles. The summed E-state index contributed by atoms with van der Waals surface area (Å²) < 4.78 is 19.0. The summed E-state index contributed by atoms with van der Waals surface area (Å²) in [5.74, 6) is -0.921. The van der Waals surface area contributed by atoms with Crippen LogP contribution < -0.4 is 5.32 Å². The second kappa shape index (κ2) is 10.3. The van der Waals surface area contributed by atoms with E-state index in [2.05, 4.69) is 5.32 Å². The molecule has 1 unspecified atom stereocenters. The molecule has 2 aromatic rings. The third-order valence-electron chi connectivity index (χ3n) is 5.85. The van der Waals surface area contributed by atoms with Crippen LogP contribution in [0.4, 0.5) is 4.39 Å². The number of ether oxygens (including phenoxy) is 1. The van der Waals surface area contributed by atoms with Crippen molar-refractivity contribution < 1.29 is 18.7 Å². The molecule has 6 nitrogen and oxygen atoms in total. The number of fused-ring (bicyclic) bond motifs is 1. The highest BCUT2D eigenvalue weighted by Crippen LogP contribution is 2.45. The zero-order valence-corrected chi connectivity index (χ0v) is 21.9. The highest BCUT2D eigenvalue weighted by Gasteiger charge is 2.42. The lowest BCUT2D eigenvalue weighted by molar-refractivity contribution is -0.150. The van der Waals surface area contributed by atoms with Gasteiger partial charge in [0.25, 0.3) is 0 Å². The van der Waals surface area contributed by atoms with E-state index in [1.54, 1.807) is 12.1 Å². The number of aliphatic imine (C=N–C) groups is 1. The molecule has 188 valence electrons. The van der Waals surface area contributed by atoms with E-state index in [0.29, 0.717) is 17.8 Å². The molecule has 0 bridgehead atoms. The van der Waals surface area contributed by atoms with Gasteiger partial charge in [0.05, 0.1) is 23.7 Å². The number of esters is 1. The summed E-state index contributed by atoms with van der Waals surface area (Å²) >= 11 is 1.43. The van der Waals surface area contributed by atoms with Crippen LogP contribution in [-0.2, 0) is 20.9 Å². The number of carbonyl (C=O) groups excluding carboxylic acids is 2. The van der Waals surface area contributed by atoms with E-state index in [1.807, 2.05) is 69.2 Å². The number of halogens is 1. The van der Waals surface area contributed by atoms with Crippen LogP contribution in [0.3, 0.4) is 0 Å². The van der Waals surface area contributed by atoms with Crippen molar-refractivity contribution in [3.05, 3.63) is 93.4 Å². The zero-order chi connectivity index (χ0) is 26.0. The first-order valence-corrected chi connectivity index (χ1v) is 12.7. The molecule has 1 amide bonds. The molecule has 2 heterocycles. The average Bonchev–Trinajstić information content (AvgIpc) is 3.19. The first-order chi connectivity index (χ1) is 17.0. The van der Waals surface area contributed by atoms with Crippen molar-refractivity contribution in [1.82, 2.24) is 10.2 Å². The number of allylic oxidation sites excluding steroid dienone is 1. The lowest BCUT2D eigenvalue weighted by Crippen LogP contribution is -2.39. The van der Waals surface area contributed by atoms with Gasteiger partial charge < -0.3 is 15.0 Å². The van der Waals surface area contributed by atoms with E-state index in [1.165, 1.54) is 23.9 Å². The third kappa shape index (κ3) is 5.70. The lowest BCUT2D eigenvalue weighted by Gasteiger charge is -2.37. The smallest absolute Gasteiger partial charge is 0.338 e. The minimum absolute atomic E-state index is 0.107. The first-order valence-electron chi connectivity index (χ1n) is 11.8. The Kier molecular flexibility index (Phi) is 7.36. The van der Waals surface area contributed by atoms with E-state index < -0.39 is 17.6 Å². The van der Waals surface area contributed by atoms with Gasteiger partial charge in [-0.2, -0.15) is 0 Å². The molecule has 0 radical (unpaired) electrons. The summed E-state index contributed by atoms with van der Waals surface area (Å²) in [6, 6.07) is 13.5. The molecule has 0 saturated heterocycles. The van der Waals surface area contributed by atoms with Crippen LogP contribution in [0.1, 0.15) is 56.8 Å². The lowest BCUT2D eigenvalue weighted by atomic mass is 9.91. The van der Waals surface area contributed by atoms with E-state index in [4.69, 9.17) is 9.73 Å². The van der Waals surface area contributed by atoms with Crippen molar-refractivity contribution in [3.63, 3.8) is 0 Å². The average molecular weight is 508 g/mol. The summed E-state index contributed by atoms with van der Waals surface area (Å²) in [5, 5.41) is 5.53. The molecule has 2 aromatic carbocycles. The number of benzene rings is 2. The molecule has 0 aromatic heterocycles. The van der Waals surface area contributed by atoms with Crippen LogP contribution in [0, 0.1) is 12.7 Å². The monoisotopic (exact) mass is 507 g/mol. The first kappa shape index (κ1) is 25.7. The summed E-state index contributed by atoms with van der Waals surface area (Å²) in [7, 11) is 0. The number of rotatable bonds is 6. The molecule has 4 rings (SSSR count). The normalized spacial score (nSPS) is 17.4. The molecule has 8 heteroatoms. The van der Waals surface area contributed by atoms with Crippen LogP contribution in [-0.4, -0.2) is 27.5 Å². The van der Waals surface area contributed by atoms with Crippen molar-refractivity contribution in [1.29, 1.82) is 0 Å². The van der Waals surface area contributed by atoms with Crippen LogP contribution in [0.15, 0.2) is 75.9 Å². The minimum atomic E-state index is -0.663. The van der Waals surface area contributed by atoms with Crippen LogP contribution >= 0.6 is 11.8 Å². The number of hydrogen-bond donors (Lipinski definition) is 1. The Hall–Kier alpha value is -3.39. The van der Waals surface area contributed by atoms with Crippen molar-refractivity contribution in [2.45, 2.75) is 59.2 Å². The van der Waals surface area contributed by atoms with Gasteiger partial charge in [0.1, 0.15) is 11.4 Å². The van der Waals surface area contributed by atoms with Gasteiger partial charge in [0, 0.05) is 12.2 Å². The van der Waals surface area contributed by atoms with Crippen molar-refractivity contribution >= 4 is 28.8 Å². The highest BCUT2D eigenvalue weighted by molar-refractivity contribution is 8.16. The number of nitrogens with one attached hydrogen (secondary N) is 1. The zero-order valence-electron chi connectivity index (χ0n) is 21.1. The molecule has 36 heavy (non-hydrogen) atoms. The summed E-state index contributed by atoms with van der Waals surface area (Å²) in [4.78, 5) is 33.0. The third-order valence-corrected chi connectivity index (χ3v) is 6.74. The summed E-state index contributed by atoms with van der Waals surface area (Å²) in [5.41, 5.74) is 3.93. The van der Waals surface area contributed by atoms with E-state index in [9.17, 15) is 14.0 Å². The Labute approximate surface area is 215 Å². The number of amidine groups is 1. The second-order valence-corrected chi connectivity index (χ2v) is 10.7. The second-order valence-electron chi connectivity index (χ2n) is 9.83. The molecule has 0 spiro atoms. The van der Waals surface area contributed by atoms with Crippen molar-refractivity contribution in [2.75, 3.05) is 0 Å². The van der Waals surface area contributed by atoms with E-state index in [-0.39, 0.29) is 18.1 Å². The predicted octanol–water partition coefficient (Wildman–Crippen LogP) is 5.76. The Morgan fingerprint density at radius 3 is 2.47 bits per heavy atom. The number of thioether (sulfide) groups is 1. The Bertz CT molecular complexity index is 1280. The maximum Gasteiger partial charge on any atom is 0.338 e. The molecular weight excluding hydrogens is 477 g/mol. The number of carbonyl (C=O) groups is 2. The minimum Gasteiger partial charge on any atom is -0.456 e. The van der Waals surface area contributed by atoms with Crippen LogP contribution in [0.5, 0.6) is 0 Å². The molecule has 2 aliphatic heterocycles. The molecule has 0 saturated carbocycles. The maximum absolute atomic E-state index is 13.4. The topological polar surface area (TPSA) is 71.0 Å². The number of amides is 1. The Balaban J connectivity index is 1.62. The van der Waals surface area contributed by atoms with Gasteiger partial charge in [-0.25, -0.2) is 14.2 Å². The van der Waals surface area contributed by atoms with E-state index in [0.717, 1.165) is 27.6 Å². The number of nitrogens with zero attached hydrogens (tertiary/aromatic N) is 2. The largest absolute Gasteiger partial charge is 0.456 e. The SMILES string of the molecule is CC1=C(C(=O)OC(C)(C)C)C(c2ccccc2C)N2C(CC(=O)NCc3ccc(F)cc3)=CSC2=N1. The van der Waals surface area contributed by atoms with Crippen LogP contribution in [0.25, 0.3) is 0 Å². The summed E-state index contributed by atoms with van der Waals surface area (Å²) in [6.45, 7) is 9.63. The molecule has 1 atom stereocenters. The summed E-state index contributed by atoms with van der Waals surface area (Å²) in [6.07, 6.45) is 0.107. The quantitative estimate of drug-likeness (QED) is 0.504. The molecule has 0 fully saturated rings. The number of hydrogen-bond acceptors (Lipinski definition) is 6. The highest BCUT2D eigenvalue weighted by atomic mass is 32.2. The standard InChI is InChI=1S/C28H30FN3O3S/c1-17-8-6-7-9-22(17)25-24(26(34)35-28(3,4)5)18(2)31-27-32(25)21(16-36-27)14-23(33)30-15-19-10-12-20(29)13-11-19/h6-13,16,25H,14-15H2,1-5H3,(H,30,33). The van der Waals surface area contributed by atoms with Gasteiger partial charge in [-0.15, -0.1) is 0 Å². The van der Waals surface area contributed by atoms with Gasteiger partial charge in [0.2, 0.25) is 5.91 Å². The van der Waals surface area contributed by atoms with Crippen molar-refractivity contribution in [2.24, 2.45) is 4.99 Å². The van der Waals surface area contributed by atoms with Gasteiger partial charge >= 0.3 is 5.97 Å². The Morgan fingerprint density at radius 2 is 1.81 bits per heavy atom. The van der Waals surface area contributed by atoms with E-state index >= 15 is 0 Å². The Morgan fingerprint density at radius 1 is 1.11 bits per heavy atom. The van der Waals surface area contributed by atoms with Gasteiger partial charge in [-0.1, -0.05) is 48.2 Å². The number of aryl methyl sites for hydroxylation is 1. The molecular formula is C28H30FN3O3S. The maximum atomic E-state index is 13.4. The predicted molar refractivity (Wildman–Crippen MR) is 140 cm³/mol. The van der Waals surface area contributed by atoms with Gasteiger partial charge in [-0.3, -0.25) is 4.79 Å². The fourth-order valence-electron chi connectivity index (χ4n) is 4.18. The molecule has 1 N–H and O–H groups in total. The fraction of sp³-hybridized carbons (Fsp3) is 0.321. The van der Waals surface area contributed by atoms with Crippen LogP contribution in [0.2, 0.25) is 0 Å². The fourth-order valence-corrected chi connectivity index (χ4v) is 5.15.